The Kier molecular flexibility index (Phi) is 4.79. The highest BCUT2D eigenvalue weighted by Crippen LogP contribution is 2.20. The largest absolute Gasteiger partial charge is 0.296 e. The number of nitrogens with zero attached hydrogens (tertiary/aromatic N) is 1. The molecule has 0 aliphatic carbocycles. The van der Waals surface area contributed by atoms with E-state index in [0.717, 1.165) is 18.4 Å². The first-order valence-corrected chi connectivity index (χ1v) is 6.49. The first-order valence-electron chi connectivity index (χ1n) is 3.70. The molecule has 0 fully saturated rings. The summed E-state index contributed by atoms with van der Waals surface area (Å²) in [5, 5.41) is 2.13. The summed E-state index contributed by atoms with van der Waals surface area (Å²) >= 11 is 8.67. The summed E-state index contributed by atoms with van der Waals surface area (Å²) in [5.74, 6) is 0. The van der Waals surface area contributed by atoms with Gasteiger partial charge in [0.05, 0.1) is 5.45 Å². The maximum atomic E-state index is 3.44. The van der Waals surface area contributed by atoms with Crippen molar-refractivity contribution in [1.82, 2.24) is 4.90 Å². The van der Waals surface area contributed by atoms with Crippen LogP contribution in [-0.4, -0.2) is 23.9 Å². The third-order valence-corrected chi connectivity index (χ3v) is 4.18. The van der Waals surface area contributed by atoms with Crippen LogP contribution in [0.2, 0.25) is 0 Å². The molecule has 1 heterocycles. The van der Waals surface area contributed by atoms with E-state index in [2.05, 4.69) is 55.3 Å². The minimum absolute atomic E-state index is 0.944. The van der Waals surface area contributed by atoms with Gasteiger partial charge in [-0.25, -0.2) is 0 Å². The van der Waals surface area contributed by atoms with E-state index >= 15 is 0 Å². The Morgan fingerprint density at radius 3 is 2.83 bits per heavy atom. The molecule has 0 saturated heterocycles. The second kappa shape index (κ2) is 5.37. The van der Waals surface area contributed by atoms with Crippen LogP contribution in [0.25, 0.3) is 0 Å². The van der Waals surface area contributed by atoms with Crippen molar-refractivity contribution in [1.29, 1.82) is 0 Å². The average molecular weight is 313 g/mol. The SMILES string of the molecule is CN(CBr)CCc1cc(Br)cs1. The second-order valence-electron chi connectivity index (χ2n) is 2.68. The molecule has 0 aromatic carbocycles. The van der Waals surface area contributed by atoms with Crippen molar-refractivity contribution in [2.45, 2.75) is 6.42 Å². The molecule has 4 heteroatoms. The van der Waals surface area contributed by atoms with E-state index in [9.17, 15) is 0 Å². The van der Waals surface area contributed by atoms with Crippen molar-refractivity contribution in [2.24, 2.45) is 0 Å². The van der Waals surface area contributed by atoms with E-state index in [1.54, 1.807) is 0 Å². The zero-order valence-electron chi connectivity index (χ0n) is 6.89. The van der Waals surface area contributed by atoms with Crippen LogP contribution in [0.5, 0.6) is 0 Å². The van der Waals surface area contributed by atoms with E-state index in [-0.39, 0.29) is 0 Å². The molecule has 0 aliphatic heterocycles. The van der Waals surface area contributed by atoms with Crippen LogP contribution in [0.4, 0.5) is 0 Å². The van der Waals surface area contributed by atoms with Gasteiger partial charge in [-0.15, -0.1) is 11.3 Å². The summed E-state index contributed by atoms with van der Waals surface area (Å²) in [7, 11) is 2.11. The normalized spacial score (nSPS) is 11.0. The molecular formula is C8H11Br2NS. The summed E-state index contributed by atoms with van der Waals surface area (Å²) < 4.78 is 1.20. The van der Waals surface area contributed by atoms with Crippen molar-refractivity contribution >= 4 is 43.2 Å². The van der Waals surface area contributed by atoms with E-state index in [1.165, 1.54) is 9.35 Å². The number of thiophene rings is 1. The van der Waals surface area contributed by atoms with Gasteiger partial charge in [0.25, 0.3) is 0 Å². The standard InChI is InChI=1S/C8H11Br2NS/c1-11(6-9)3-2-8-4-7(10)5-12-8/h4-5H,2-3,6H2,1H3. The Hall–Kier alpha value is 0.620. The molecule has 12 heavy (non-hydrogen) atoms. The molecule has 1 aromatic heterocycles. The molecule has 0 saturated carbocycles. The van der Waals surface area contributed by atoms with Crippen LogP contribution < -0.4 is 0 Å². The van der Waals surface area contributed by atoms with Crippen LogP contribution in [0.15, 0.2) is 15.9 Å². The lowest BCUT2D eigenvalue weighted by Gasteiger charge is -2.10. The number of alkyl halides is 1. The van der Waals surface area contributed by atoms with Crippen LogP contribution in [0, 0.1) is 0 Å². The molecule has 0 amide bonds. The molecule has 0 N–H and O–H groups in total. The first-order chi connectivity index (χ1) is 5.72. The Labute approximate surface area is 94.0 Å². The number of hydrogen-bond acceptors (Lipinski definition) is 2. The van der Waals surface area contributed by atoms with Crippen molar-refractivity contribution in [3.63, 3.8) is 0 Å². The third kappa shape index (κ3) is 3.56. The molecule has 0 spiro atoms. The summed E-state index contributed by atoms with van der Waals surface area (Å²) in [5.41, 5.74) is 0.944. The molecule has 0 bridgehead atoms. The number of rotatable bonds is 4. The van der Waals surface area contributed by atoms with Gasteiger partial charge in [0.15, 0.2) is 0 Å². The quantitative estimate of drug-likeness (QED) is 0.609. The Morgan fingerprint density at radius 1 is 1.58 bits per heavy atom. The highest BCUT2D eigenvalue weighted by atomic mass is 79.9. The predicted octanol–water partition coefficient (Wildman–Crippen LogP) is 3.34. The lowest BCUT2D eigenvalue weighted by molar-refractivity contribution is 0.402. The molecule has 1 nitrogen and oxygen atoms in total. The van der Waals surface area contributed by atoms with Gasteiger partial charge in [0, 0.05) is 21.3 Å². The fourth-order valence-corrected chi connectivity index (χ4v) is 2.54. The Balaban J connectivity index is 2.33. The summed E-state index contributed by atoms with van der Waals surface area (Å²) in [6.07, 6.45) is 1.14. The minimum Gasteiger partial charge on any atom is -0.296 e. The molecule has 0 unspecified atom stereocenters. The van der Waals surface area contributed by atoms with Gasteiger partial charge in [-0.1, -0.05) is 15.9 Å². The van der Waals surface area contributed by atoms with Crippen LogP contribution in [0.3, 0.4) is 0 Å². The van der Waals surface area contributed by atoms with Gasteiger partial charge in [0.2, 0.25) is 0 Å². The van der Waals surface area contributed by atoms with Crippen LogP contribution >= 0.6 is 43.2 Å². The lowest BCUT2D eigenvalue weighted by atomic mass is 10.3. The van der Waals surface area contributed by atoms with Gasteiger partial charge in [0.1, 0.15) is 0 Å². The number of halogens is 2. The second-order valence-corrected chi connectivity index (χ2v) is 5.09. The molecule has 0 atom stereocenters. The molecule has 1 aromatic rings. The molecule has 1 rings (SSSR count). The molecule has 68 valence electrons. The van der Waals surface area contributed by atoms with Crippen molar-refractivity contribution in [2.75, 3.05) is 19.0 Å². The fraction of sp³-hybridized carbons (Fsp3) is 0.500. The molecule has 0 radical (unpaired) electrons. The maximum Gasteiger partial charge on any atom is 0.0539 e. The zero-order chi connectivity index (χ0) is 8.97. The highest BCUT2D eigenvalue weighted by Gasteiger charge is 1.99. The van der Waals surface area contributed by atoms with Gasteiger partial charge >= 0.3 is 0 Å². The van der Waals surface area contributed by atoms with Crippen LogP contribution in [0.1, 0.15) is 4.88 Å². The van der Waals surface area contributed by atoms with Gasteiger partial charge in [-0.3, -0.25) is 4.90 Å². The van der Waals surface area contributed by atoms with E-state index in [0.29, 0.717) is 0 Å². The van der Waals surface area contributed by atoms with Crippen LogP contribution in [-0.2, 0) is 6.42 Å². The minimum atomic E-state index is 0.944. The predicted molar refractivity (Wildman–Crippen MR) is 62.1 cm³/mol. The molecule has 0 aliphatic rings. The zero-order valence-corrected chi connectivity index (χ0v) is 10.9. The Morgan fingerprint density at radius 2 is 2.33 bits per heavy atom. The van der Waals surface area contributed by atoms with E-state index in [4.69, 9.17) is 0 Å². The van der Waals surface area contributed by atoms with Crippen molar-refractivity contribution in [3.8, 4) is 0 Å². The van der Waals surface area contributed by atoms with Crippen molar-refractivity contribution in [3.05, 3.63) is 20.8 Å². The number of hydrogen-bond donors (Lipinski definition) is 0. The fourth-order valence-electron chi connectivity index (χ4n) is 0.846. The van der Waals surface area contributed by atoms with E-state index in [1.807, 2.05) is 11.3 Å². The summed E-state index contributed by atoms with van der Waals surface area (Å²) in [6, 6.07) is 2.19. The number of likely N-dealkylation sites (N-methyl/N-ethyl adjacent to an activating group) is 1. The third-order valence-electron chi connectivity index (χ3n) is 1.57. The van der Waals surface area contributed by atoms with Gasteiger partial charge < -0.3 is 0 Å². The maximum absolute atomic E-state index is 3.44. The summed E-state index contributed by atoms with van der Waals surface area (Å²) in [6.45, 7) is 1.11. The monoisotopic (exact) mass is 311 g/mol. The van der Waals surface area contributed by atoms with Gasteiger partial charge in [-0.2, -0.15) is 0 Å². The van der Waals surface area contributed by atoms with Gasteiger partial charge in [-0.05, 0) is 35.5 Å². The van der Waals surface area contributed by atoms with Crippen molar-refractivity contribution < 1.29 is 0 Å². The average Bonchev–Trinajstić information content (AvgIpc) is 2.47. The topological polar surface area (TPSA) is 3.24 Å². The lowest BCUT2D eigenvalue weighted by Crippen LogP contribution is -2.18. The molecular weight excluding hydrogens is 302 g/mol. The smallest absolute Gasteiger partial charge is 0.0539 e. The van der Waals surface area contributed by atoms with E-state index < -0.39 is 0 Å². The highest BCUT2D eigenvalue weighted by molar-refractivity contribution is 9.10. The first kappa shape index (κ1) is 10.7. The Bertz CT molecular complexity index is 237. The summed E-state index contributed by atoms with van der Waals surface area (Å²) in [4.78, 5) is 3.68.